The Morgan fingerprint density at radius 1 is 1.25 bits per heavy atom. The summed E-state index contributed by atoms with van der Waals surface area (Å²) in [4.78, 5) is 22.2. The average Bonchev–Trinajstić information content (AvgIpc) is 3.14. The third-order valence-electron chi connectivity index (χ3n) is 5.27. The molecule has 0 saturated carbocycles. The fourth-order valence-corrected chi connectivity index (χ4v) is 5.22. The second-order valence-corrected chi connectivity index (χ2v) is 8.86. The van der Waals surface area contributed by atoms with Crippen LogP contribution in [0.5, 0.6) is 0 Å². The van der Waals surface area contributed by atoms with E-state index in [1.807, 2.05) is 23.1 Å². The summed E-state index contributed by atoms with van der Waals surface area (Å²) in [5.74, 6) is 1.86. The lowest BCUT2D eigenvalue weighted by Crippen LogP contribution is -2.38. The van der Waals surface area contributed by atoms with Gasteiger partial charge in [-0.2, -0.15) is 0 Å². The SMILES string of the molecule is O=C(CSCc1ccc(Cl)cc1Cl)N1CCC(c2c[nH]c3ncccc23)CC1. The summed E-state index contributed by atoms with van der Waals surface area (Å²) in [7, 11) is 0. The van der Waals surface area contributed by atoms with E-state index in [2.05, 4.69) is 22.2 Å². The highest BCUT2D eigenvalue weighted by atomic mass is 35.5. The summed E-state index contributed by atoms with van der Waals surface area (Å²) >= 11 is 13.7. The van der Waals surface area contributed by atoms with Crippen molar-refractivity contribution in [2.24, 2.45) is 0 Å². The maximum Gasteiger partial charge on any atom is 0.232 e. The van der Waals surface area contributed by atoms with E-state index >= 15 is 0 Å². The Morgan fingerprint density at radius 2 is 2.07 bits per heavy atom. The molecule has 28 heavy (non-hydrogen) atoms. The molecule has 1 aliphatic rings. The number of thioether (sulfide) groups is 1. The van der Waals surface area contributed by atoms with Crippen LogP contribution in [0.3, 0.4) is 0 Å². The largest absolute Gasteiger partial charge is 0.346 e. The van der Waals surface area contributed by atoms with Gasteiger partial charge in [0.15, 0.2) is 0 Å². The van der Waals surface area contributed by atoms with E-state index in [9.17, 15) is 4.79 Å². The first kappa shape index (κ1) is 19.6. The van der Waals surface area contributed by atoms with E-state index in [0.717, 1.165) is 37.1 Å². The number of halogens is 2. The number of carbonyl (C=O) groups is 1. The van der Waals surface area contributed by atoms with Crippen molar-refractivity contribution in [1.82, 2.24) is 14.9 Å². The quantitative estimate of drug-likeness (QED) is 0.576. The van der Waals surface area contributed by atoms with Crippen molar-refractivity contribution in [2.75, 3.05) is 18.8 Å². The molecule has 1 aromatic carbocycles. The number of benzene rings is 1. The Hall–Kier alpha value is -1.69. The van der Waals surface area contributed by atoms with Crippen LogP contribution >= 0.6 is 35.0 Å². The molecular weight excluding hydrogens is 413 g/mol. The first-order valence-corrected chi connectivity index (χ1v) is 11.2. The Morgan fingerprint density at radius 3 is 2.86 bits per heavy atom. The van der Waals surface area contributed by atoms with Gasteiger partial charge in [-0.05, 0) is 54.2 Å². The van der Waals surface area contributed by atoms with Gasteiger partial charge in [0.25, 0.3) is 0 Å². The monoisotopic (exact) mass is 433 g/mol. The van der Waals surface area contributed by atoms with E-state index < -0.39 is 0 Å². The number of likely N-dealkylation sites (tertiary alicyclic amines) is 1. The molecule has 0 aliphatic carbocycles. The highest BCUT2D eigenvalue weighted by molar-refractivity contribution is 7.99. The van der Waals surface area contributed by atoms with Crippen LogP contribution in [0.15, 0.2) is 42.7 Å². The Bertz CT molecular complexity index is 983. The Balaban J connectivity index is 1.28. The summed E-state index contributed by atoms with van der Waals surface area (Å²) in [6.45, 7) is 1.61. The number of hydrogen-bond acceptors (Lipinski definition) is 3. The third kappa shape index (κ3) is 4.32. The molecule has 2 aromatic heterocycles. The lowest BCUT2D eigenvalue weighted by Gasteiger charge is -2.32. The van der Waals surface area contributed by atoms with Crippen LogP contribution in [0.1, 0.15) is 29.9 Å². The molecule has 1 amide bonds. The van der Waals surface area contributed by atoms with Gasteiger partial charge in [-0.15, -0.1) is 11.8 Å². The fraction of sp³-hybridized carbons (Fsp3) is 0.333. The number of rotatable bonds is 5. The number of hydrogen-bond donors (Lipinski definition) is 1. The first-order chi connectivity index (χ1) is 13.6. The summed E-state index contributed by atoms with van der Waals surface area (Å²) in [5.41, 5.74) is 3.27. The maximum absolute atomic E-state index is 12.6. The van der Waals surface area contributed by atoms with Crippen LogP contribution in [-0.4, -0.2) is 39.6 Å². The molecule has 1 fully saturated rings. The number of H-pyrrole nitrogens is 1. The topological polar surface area (TPSA) is 49.0 Å². The minimum absolute atomic E-state index is 0.203. The number of nitrogens with one attached hydrogen (secondary N) is 1. The Labute approximate surface area is 178 Å². The molecule has 7 heteroatoms. The fourth-order valence-electron chi connectivity index (χ4n) is 3.73. The van der Waals surface area contributed by atoms with Crippen LogP contribution in [0, 0.1) is 0 Å². The second kappa shape index (κ2) is 8.76. The molecule has 3 heterocycles. The van der Waals surface area contributed by atoms with E-state index in [1.54, 1.807) is 24.0 Å². The molecule has 4 rings (SSSR count). The van der Waals surface area contributed by atoms with E-state index in [1.165, 1.54) is 10.9 Å². The van der Waals surface area contributed by atoms with Crippen molar-refractivity contribution in [1.29, 1.82) is 0 Å². The number of fused-ring (bicyclic) bond motifs is 1. The highest BCUT2D eigenvalue weighted by Gasteiger charge is 2.25. The van der Waals surface area contributed by atoms with E-state index in [4.69, 9.17) is 23.2 Å². The van der Waals surface area contributed by atoms with Crippen molar-refractivity contribution < 1.29 is 4.79 Å². The molecule has 0 radical (unpaired) electrons. The molecular formula is C21H21Cl2N3OS. The predicted octanol–water partition coefficient (Wildman–Crippen LogP) is 5.51. The van der Waals surface area contributed by atoms with Gasteiger partial charge in [-0.1, -0.05) is 29.3 Å². The highest BCUT2D eigenvalue weighted by Crippen LogP contribution is 2.33. The number of carbonyl (C=O) groups excluding carboxylic acids is 1. The van der Waals surface area contributed by atoms with Gasteiger partial charge in [0.2, 0.25) is 5.91 Å². The molecule has 3 aromatic rings. The van der Waals surface area contributed by atoms with Crippen molar-refractivity contribution >= 4 is 51.9 Å². The zero-order chi connectivity index (χ0) is 19.5. The molecule has 0 spiro atoms. The van der Waals surface area contributed by atoms with Gasteiger partial charge in [-0.3, -0.25) is 4.79 Å². The molecule has 0 bridgehead atoms. The third-order valence-corrected chi connectivity index (χ3v) is 6.82. The first-order valence-electron chi connectivity index (χ1n) is 9.33. The number of pyridine rings is 1. The van der Waals surface area contributed by atoms with Gasteiger partial charge in [-0.25, -0.2) is 4.98 Å². The molecule has 0 atom stereocenters. The normalized spacial score (nSPS) is 15.3. The molecule has 4 nitrogen and oxygen atoms in total. The van der Waals surface area contributed by atoms with Gasteiger partial charge < -0.3 is 9.88 Å². The molecule has 1 saturated heterocycles. The minimum atomic E-state index is 0.203. The molecule has 146 valence electrons. The van der Waals surface area contributed by atoms with Crippen LogP contribution in [0.2, 0.25) is 10.0 Å². The number of aromatic nitrogens is 2. The lowest BCUT2D eigenvalue weighted by molar-refractivity contribution is -0.129. The van der Waals surface area contributed by atoms with Crippen molar-refractivity contribution in [3.05, 3.63) is 63.9 Å². The van der Waals surface area contributed by atoms with Crippen molar-refractivity contribution in [3.63, 3.8) is 0 Å². The number of nitrogens with zero attached hydrogens (tertiary/aromatic N) is 2. The van der Waals surface area contributed by atoms with Crippen LogP contribution < -0.4 is 0 Å². The number of amides is 1. The van der Waals surface area contributed by atoms with E-state index in [0.29, 0.717) is 27.5 Å². The number of aromatic amines is 1. The zero-order valence-corrected chi connectivity index (χ0v) is 17.7. The zero-order valence-electron chi connectivity index (χ0n) is 15.3. The summed E-state index contributed by atoms with van der Waals surface area (Å²) in [5, 5.41) is 2.48. The van der Waals surface area contributed by atoms with E-state index in [-0.39, 0.29) is 5.91 Å². The van der Waals surface area contributed by atoms with Gasteiger partial charge >= 0.3 is 0 Å². The summed E-state index contributed by atoms with van der Waals surface area (Å²) in [6.07, 6.45) is 5.85. The van der Waals surface area contributed by atoms with Crippen LogP contribution in [0.25, 0.3) is 11.0 Å². The van der Waals surface area contributed by atoms with Crippen molar-refractivity contribution in [3.8, 4) is 0 Å². The maximum atomic E-state index is 12.6. The molecule has 1 aliphatic heterocycles. The van der Waals surface area contributed by atoms with Crippen LogP contribution in [-0.2, 0) is 10.5 Å². The summed E-state index contributed by atoms with van der Waals surface area (Å²) in [6, 6.07) is 9.58. The standard InChI is InChI=1S/C21H21Cl2N3OS/c22-16-4-3-15(19(23)10-16)12-28-13-20(27)26-8-5-14(6-9-26)18-11-25-21-17(18)2-1-7-24-21/h1-4,7,10-11,14H,5-6,8-9,12-13H2,(H,24,25). The van der Waals surface area contributed by atoms with Crippen LogP contribution in [0.4, 0.5) is 0 Å². The molecule has 0 unspecified atom stereocenters. The second-order valence-electron chi connectivity index (χ2n) is 7.03. The minimum Gasteiger partial charge on any atom is -0.346 e. The molecule has 1 N–H and O–H groups in total. The number of piperidine rings is 1. The van der Waals surface area contributed by atoms with Crippen molar-refractivity contribution in [2.45, 2.75) is 24.5 Å². The Kier molecular flexibility index (Phi) is 6.14. The lowest BCUT2D eigenvalue weighted by atomic mass is 9.89. The summed E-state index contributed by atoms with van der Waals surface area (Å²) < 4.78 is 0. The van der Waals surface area contributed by atoms with Gasteiger partial charge in [0.1, 0.15) is 5.65 Å². The van der Waals surface area contributed by atoms with Gasteiger partial charge in [0.05, 0.1) is 5.75 Å². The smallest absolute Gasteiger partial charge is 0.232 e. The average molecular weight is 434 g/mol. The predicted molar refractivity (Wildman–Crippen MR) is 117 cm³/mol. The van der Waals surface area contributed by atoms with Gasteiger partial charge in [0, 0.05) is 46.7 Å².